The Balaban J connectivity index is 2.58. The second-order valence-electron chi connectivity index (χ2n) is 3.23. The number of hydrogen-bond acceptors (Lipinski definition) is 5. The molecule has 0 spiro atoms. The molecule has 0 aromatic heterocycles. The van der Waals surface area contributed by atoms with Crippen molar-refractivity contribution < 1.29 is 23.8 Å². The van der Waals surface area contributed by atoms with Gasteiger partial charge in [-0.15, -0.1) is 0 Å². The molecular formula is C10H15NO5. The van der Waals surface area contributed by atoms with Gasteiger partial charge in [0.25, 0.3) is 5.91 Å². The molecule has 0 aromatic rings. The summed E-state index contributed by atoms with van der Waals surface area (Å²) in [5, 5.41) is 0. The quantitative estimate of drug-likeness (QED) is 0.256. The predicted molar refractivity (Wildman–Crippen MR) is 54.5 cm³/mol. The van der Waals surface area contributed by atoms with Gasteiger partial charge in [0.2, 0.25) is 0 Å². The minimum absolute atomic E-state index is 0.0443. The van der Waals surface area contributed by atoms with E-state index in [0.717, 1.165) is 0 Å². The van der Waals surface area contributed by atoms with Gasteiger partial charge in [0.05, 0.1) is 6.04 Å². The lowest BCUT2D eigenvalue weighted by Crippen LogP contribution is -2.65. The van der Waals surface area contributed by atoms with Crippen molar-refractivity contribution >= 4 is 12.2 Å². The number of carbonyl (C=O) groups is 2. The van der Waals surface area contributed by atoms with Crippen LogP contribution in [0.15, 0.2) is 12.2 Å². The van der Waals surface area contributed by atoms with E-state index in [2.05, 4.69) is 0 Å². The molecule has 6 heteroatoms. The molecule has 1 fully saturated rings. The van der Waals surface area contributed by atoms with Crippen molar-refractivity contribution in [1.29, 1.82) is 0 Å². The molecule has 2 atom stereocenters. The van der Waals surface area contributed by atoms with Crippen molar-refractivity contribution in [3.63, 3.8) is 0 Å². The van der Waals surface area contributed by atoms with Crippen molar-refractivity contribution in [2.75, 3.05) is 27.7 Å². The van der Waals surface area contributed by atoms with Crippen LogP contribution in [0.1, 0.15) is 0 Å². The summed E-state index contributed by atoms with van der Waals surface area (Å²) in [6.45, 7) is 0.224. The summed E-state index contributed by atoms with van der Waals surface area (Å²) in [6, 6.07) is -0.271. The van der Waals surface area contributed by atoms with Gasteiger partial charge < -0.3 is 19.1 Å². The van der Waals surface area contributed by atoms with Gasteiger partial charge in [-0.2, -0.15) is 0 Å². The molecule has 90 valence electrons. The molecule has 1 aliphatic heterocycles. The van der Waals surface area contributed by atoms with Gasteiger partial charge in [-0.05, 0) is 6.08 Å². The van der Waals surface area contributed by atoms with E-state index in [-0.39, 0.29) is 25.5 Å². The summed E-state index contributed by atoms with van der Waals surface area (Å²) < 4.78 is 14.8. The minimum atomic E-state index is -0.591. The lowest BCUT2D eigenvalue weighted by atomic mass is 9.98. The van der Waals surface area contributed by atoms with Gasteiger partial charge in [0, 0.05) is 14.2 Å². The van der Waals surface area contributed by atoms with Crippen molar-refractivity contribution in [3.05, 3.63) is 12.2 Å². The van der Waals surface area contributed by atoms with E-state index < -0.39 is 6.10 Å². The molecule has 0 aliphatic carbocycles. The molecule has 0 saturated carbocycles. The first-order valence-electron chi connectivity index (χ1n) is 4.78. The number of hydrogen-bond donors (Lipinski definition) is 0. The number of likely N-dealkylation sites (tertiary alicyclic amines) is 1. The molecule has 0 radical (unpaired) electrons. The van der Waals surface area contributed by atoms with Crippen molar-refractivity contribution in [1.82, 2.24) is 4.90 Å². The van der Waals surface area contributed by atoms with Crippen LogP contribution in [-0.2, 0) is 23.8 Å². The zero-order valence-electron chi connectivity index (χ0n) is 9.29. The summed E-state index contributed by atoms with van der Waals surface area (Å²) in [5.74, 6) is -0.167. The fourth-order valence-electron chi connectivity index (χ4n) is 1.50. The zero-order valence-corrected chi connectivity index (χ0v) is 9.29. The molecule has 1 amide bonds. The smallest absolute Gasteiger partial charge is 0.256 e. The molecule has 6 nitrogen and oxygen atoms in total. The number of allylic oxidation sites excluding steroid dienone is 1. The monoisotopic (exact) mass is 229 g/mol. The van der Waals surface area contributed by atoms with E-state index in [1.807, 2.05) is 0 Å². The predicted octanol–water partition coefficient (Wildman–Crippen LogP) is -0.455. The first kappa shape index (κ1) is 12.8. The lowest BCUT2D eigenvalue weighted by molar-refractivity contribution is -0.190. The number of ether oxygens (including phenoxy) is 3. The van der Waals surface area contributed by atoms with Gasteiger partial charge in [0.15, 0.2) is 6.10 Å². The SMILES string of the molecule is COCO[C@H]1C(=O)N(COC)C1/C=C/C=O. The third-order valence-electron chi connectivity index (χ3n) is 2.22. The Labute approximate surface area is 93.8 Å². The van der Waals surface area contributed by atoms with E-state index in [1.54, 1.807) is 6.08 Å². The molecule has 1 saturated heterocycles. The Morgan fingerprint density at radius 1 is 1.38 bits per heavy atom. The average molecular weight is 229 g/mol. The Morgan fingerprint density at radius 3 is 2.69 bits per heavy atom. The van der Waals surface area contributed by atoms with Crippen LogP contribution in [0, 0.1) is 0 Å². The number of amides is 1. The third kappa shape index (κ3) is 2.66. The third-order valence-corrected chi connectivity index (χ3v) is 2.22. The Kier molecular flexibility index (Phi) is 5.10. The van der Waals surface area contributed by atoms with Crippen molar-refractivity contribution in [3.8, 4) is 0 Å². The summed E-state index contributed by atoms with van der Waals surface area (Å²) in [4.78, 5) is 23.3. The first-order valence-corrected chi connectivity index (χ1v) is 4.78. The van der Waals surface area contributed by atoms with E-state index >= 15 is 0 Å². The van der Waals surface area contributed by atoms with Crippen LogP contribution in [0.4, 0.5) is 0 Å². The van der Waals surface area contributed by atoms with E-state index in [1.165, 1.54) is 25.2 Å². The molecule has 1 rings (SSSR count). The molecule has 1 aliphatic rings. The van der Waals surface area contributed by atoms with Gasteiger partial charge in [-0.25, -0.2) is 0 Å². The standard InChI is InChI=1S/C10H15NO5/c1-14-6-11-8(4-3-5-12)9(10(11)13)16-7-15-2/h3-5,8-9H,6-7H2,1-2H3/b4-3+/t8?,9-/m1/s1. The second kappa shape index (κ2) is 6.37. The van der Waals surface area contributed by atoms with Gasteiger partial charge in [0.1, 0.15) is 19.8 Å². The zero-order chi connectivity index (χ0) is 12.0. The number of rotatable bonds is 7. The molecule has 0 bridgehead atoms. The van der Waals surface area contributed by atoms with Crippen LogP contribution in [0.5, 0.6) is 0 Å². The number of β-lactam (4-membered cyclic amide) rings is 1. The maximum Gasteiger partial charge on any atom is 0.256 e. The molecule has 0 N–H and O–H groups in total. The van der Waals surface area contributed by atoms with Crippen molar-refractivity contribution in [2.45, 2.75) is 12.1 Å². The number of methoxy groups -OCH3 is 2. The summed E-state index contributed by atoms with van der Waals surface area (Å²) in [7, 11) is 2.98. The molecule has 0 aromatic carbocycles. The highest BCUT2D eigenvalue weighted by Gasteiger charge is 2.46. The number of nitrogens with zero attached hydrogens (tertiary/aromatic N) is 1. The van der Waals surface area contributed by atoms with Crippen LogP contribution in [-0.4, -0.2) is 57.0 Å². The van der Waals surface area contributed by atoms with Crippen LogP contribution in [0.3, 0.4) is 0 Å². The van der Waals surface area contributed by atoms with E-state index in [9.17, 15) is 9.59 Å². The first-order chi connectivity index (χ1) is 7.76. The molecule has 1 unspecified atom stereocenters. The van der Waals surface area contributed by atoms with E-state index in [0.29, 0.717) is 6.29 Å². The summed E-state index contributed by atoms with van der Waals surface area (Å²) >= 11 is 0. The van der Waals surface area contributed by atoms with Crippen LogP contribution >= 0.6 is 0 Å². The lowest BCUT2D eigenvalue weighted by Gasteiger charge is -2.44. The van der Waals surface area contributed by atoms with Gasteiger partial charge in [-0.3, -0.25) is 9.59 Å². The molecule has 1 heterocycles. The van der Waals surface area contributed by atoms with Crippen LogP contribution in [0.25, 0.3) is 0 Å². The maximum absolute atomic E-state index is 11.6. The highest BCUT2D eigenvalue weighted by molar-refractivity contribution is 5.89. The minimum Gasteiger partial charge on any atom is -0.364 e. The highest BCUT2D eigenvalue weighted by Crippen LogP contribution is 2.23. The average Bonchev–Trinajstić information content (AvgIpc) is 2.30. The Bertz CT molecular complexity index is 278. The largest absolute Gasteiger partial charge is 0.364 e. The molecule has 16 heavy (non-hydrogen) atoms. The Morgan fingerprint density at radius 2 is 2.12 bits per heavy atom. The van der Waals surface area contributed by atoms with Crippen molar-refractivity contribution in [2.24, 2.45) is 0 Å². The number of aldehydes is 1. The fraction of sp³-hybridized carbons (Fsp3) is 0.600. The normalized spacial score (nSPS) is 24.9. The van der Waals surface area contributed by atoms with E-state index in [4.69, 9.17) is 14.2 Å². The topological polar surface area (TPSA) is 65.1 Å². The maximum atomic E-state index is 11.6. The van der Waals surface area contributed by atoms with Gasteiger partial charge >= 0.3 is 0 Å². The second-order valence-corrected chi connectivity index (χ2v) is 3.23. The van der Waals surface area contributed by atoms with Crippen LogP contribution < -0.4 is 0 Å². The molecular weight excluding hydrogens is 214 g/mol. The highest BCUT2D eigenvalue weighted by atomic mass is 16.7. The van der Waals surface area contributed by atoms with Crippen LogP contribution in [0.2, 0.25) is 0 Å². The summed E-state index contributed by atoms with van der Waals surface area (Å²) in [6.07, 6.45) is 3.00. The summed E-state index contributed by atoms with van der Waals surface area (Å²) in [5.41, 5.74) is 0. The number of carbonyl (C=O) groups excluding carboxylic acids is 2. The van der Waals surface area contributed by atoms with Gasteiger partial charge in [-0.1, -0.05) is 6.08 Å². The fourth-order valence-corrected chi connectivity index (χ4v) is 1.50. The Hall–Kier alpha value is -1.24.